The van der Waals surface area contributed by atoms with Crippen molar-refractivity contribution in [1.29, 1.82) is 0 Å². The lowest BCUT2D eigenvalue weighted by Gasteiger charge is -2.16. The summed E-state index contributed by atoms with van der Waals surface area (Å²) >= 11 is 0. The normalized spacial score (nSPS) is 11.3. The molecule has 0 aliphatic rings. The molecule has 0 bridgehead atoms. The number of carbonyl (C=O) groups excluding carboxylic acids is 2. The van der Waals surface area contributed by atoms with E-state index in [0.29, 0.717) is 30.2 Å². The minimum Gasteiger partial charge on any atom is -0.494 e. The summed E-state index contributed by atoms with van der Waals surface area (Å²) in [5.41, 5.74) is 5.72. The fourth-order valence-corrected chi connectivity index (χ4v) is 2.47. The van der Waals surface area contributed by atoms with Crippen molar-refractivity contribution in [2.75, 3.05) is 11.9 Å². The van der Waals surface area contributed by atoms with E-state index in [4.69, 9.17) is 15.2 Å². The van der Waals surface area contributed by atoms with Crippen LogP contribution in [0, 0.1) is 0 Å². The molecule has 1 unspecified atom stereocenters. The molecule has 3 amide bonds. The standard InChI is InChI=1S/C20H25N3O4/c1-3-5-18(23-20(21)25)19(24)22-14-6-8-16(9-7-14)27-17-12-10-15(11-13-17)26-4-2/h6-13,18H,3-5H2,1-2H3,(H,22,24)(H3,21,23,25). The van der Waals surface area contributed by atoms with E-state index in [1.165, 1.54) is 0 Å². The molecule has 0 saturated carbocycles. The van der Waals surface area contributed by atoms with Gasteiger partial charge < -0.3 is 25.8 Å². The fraction of sp³-hybridized carbons (Fsp3) is 0.300. The fourth-order valence-electron chi connectivity index (χ4n) is 2.47. The van der Waals surface area contributed by atoms with Gasteiger partial charge in [-0.25, -0.2) is 4.79 Å². The quantitative estimate of drug-likeness (QED) is 0.626. The van der Waals surface area contributed by atoms with Crippen LogP contribution in [0.15, 0.2) is 48.5 Å². The minimum atomic E-state index is -0.720. The first kappa shape index (κ1) is 20.1. The number of carbonyl (C=O) groups is 2. The van der Waals surface area contributed by atoms with Crippen molar-refractivity contribution in [3.05, 3.63) is 48.5 Å². The van der Waals surface area contributed by atoms with Crippen LogP contribution in [0.2, 0.25) is 0 Å². The molecule has 0 aliphatic carbocycles. The van der Waals surface area contributed by atoms with Crippen molar-refractivity contribution >= 4 is 17.6 Å². The van der Waals surface area contributed by atoms with Gasteiger partial charge >= 0.3 is 6.03 Å². The maximum Gasteiger partial charge on any atom is 0.312 e. The molecule has 0 saturated heterocycles. The van der Waals surface area contributed by atoms with Gasteiger partial charge in [-0.15, -0.1) is 0 Å². The summed E-state index contributed by atoms with van der Waals surface area (Å²) in [5, 5.41) is 5.21. The van der Waals surface area contributed by atoms with Crippen molar-refractivity contribution in [1.82, 2.24) is 5.32 Å². The number of anilines is 1. The molecule has 2 rings (SSSR count). The van der Waals surface area contributed by atoms with Crippen molar-refractivity contribution in [3.63, 3.8) is 0 Å². The highest BCUT2D eigenvalue weighted by molar-refractivity contribution is 5.96. The van der Waals surface area contributed by atoms with Crippen LogP contribution in [-0.2, 0) is 4.79 Å². The molecule has 0 radical (unpaired) electrons. The van der Waals surface area contributed by atoms with Crippen LogP contribution >= 0.6 is 0 Å². The molecule has 7 nitrogen and oxygen atoms in total. The lowest BCUT2D eigenvalue weighted by molar-refractivity contribution is -0.118. The van der Waals surface area contributed by atoms with Crippen molar-refractivity contribution in [2.24, 2.45) is 5.73 Å². The Bertz CT molecular complexity index is 745. The van der Waals surface area contributed by atoms with E-state index in [1.54, 1.807) is 24.3 Å². The lowest BCUT2D eigenvalue weighted by Crippen LogP contribution is -2.46. The molecule has 0 spiro atoms. The Morgan fingerprint density at radius 3 is 2.04 bits per heavy atom. The number of nitrogens with one attached hydrogen (secondary N) is 2. The second-order valence-electron chi connectivity index (χ2n) is 5.87. The lowest BCUT2D eigenvalue weighted by atomic mass is 10.1. The number of benzene rings is 2. The number of urea groups is 1. The second kappa shape index (κ2) is 10.1. The number of ether oxygens (including phenoxy) is 2. The van der Waals surface area contributed by atoms with Gasteiger partial charge in [0.15, 0.2) is 0 Å². The first-order valence-corrected chi connectivity index (χ1v) is 8.89. The van der Waals surface area contributed by atoms with Crippen molar-refractivity contribution in [2.45, 2.75) is 32.7 Å². The highest BCUT2D eigenvalue weighted by atomic mass is 16.5. The molecule has 2 aromatic rings. The zero-order valence-corrected chi connectivity index (χ0v) is 15.5. The average Bonchev–Trinajstić information content (AvgIpc) is 2.64. The summed E-state index contributed by atoms with van der Waals surface area (Å²) in [5.74, 6) is 1.80. The van der Waals surface area contributed by atoms with Gasteiger partial charge in [0.1, 0.15) is 23.3 Å². The van der Waals surface area contributed by atoms with Gasteiger partial charge in [-0.05, 0) is 61.9 Å². The Hall–Kier alpha value is -3.22. The van der Waals surface area contributed by atoms with E-state index in [0.717, 1.165) is 12.2 Å². The van der Waals surface area contributed by atoms with Crippen LogP contribution < -0.4 is 25.8 Å². The van der Waals surface area contributed by atoms with E-state index in [-0.39, 0.29) is 5.91 Å². The van der Waals surface area contributed by atoms with Crippen LogP contribution in [0.1, 0.15) is 26.7 Å². The smallest absolute Gasteiger partial charge is 0.312 e. The Morgan fingerprint density at radius 2 is 1.52 bits per heavy atom. The SMILES string of the molecule is CCCC(NC(N)=O)C(=O)Nc1ccc(Oc2ccc(OCC)cc2)cc1. The predicted molar refractivity (Wildman–Crippen MR) is 104 cm³/mol. The minimum absolute atomic E-state index is 0.309. The topological polar surface area (TPSA) is 103 Å². The Kier molecular flexibility index (Phi) is 7.49. The third kappa shape index (κ3) is 6.54. The van der Waals surface area contributed by atoms with Gasteiger partial charge in [0.05, 0.1) is 6.61 Å². The van der Waals surface area contributed by atoms with Crippen LogP contribution in [0.5, 0.6) is 17.2 Å². The van der Waals surface area contributed by atoms with Gasteiger partial charge in [0, 0.05) is 5.69 Å². The number of amides is 3. The van der Waals surface area contributed by atoms with Gasteiger partial charge in [0.25, 0.3) is 0 Å². The third-order valence-electron chi connectivity index (χ3n) is 3.70. The summed E-state index contributed by atoms with van der Waals surface area (Å²) in [4.78, 5) is 23.3. The molecule has 7 heteroatoms. The van der Waals surface area contributed by atoms with Crippen LogP contribution in [0.25, 0.3) is 0 Å². The Labute approximate surface area is 158 Å². The second-order valence-corrected chi connectivity index (χ2v) is 5.87. The molecule has 27 heavy (non-hydrogen) atoms. The van der Waals surface area contributed by atoms with Gasteiger partial charge in [-0.2, -0.15) is 0 Å². The molecule has 1 atom stereocenters. The van der Waals surface area contributed by atoms with Crippen molar-refractivity contribution < 1.29 is 19.1 Å². The molecule has 0 fully saturated rings. The molecule has 0 heterocycles. The molecule has 2 aromatic carbocycles. The summed E-state index contributed by atoms with van der Waals surface area (Å²) in [6.45, 7) is 4.47. The zero-order valence-electron chi connectivity index (χ0n) is 15.5. The van der Waals surface area contributed by atoms with Crippen LogP contribution in [-0.4, -0.2) is 24.6 Å². The maximum atomic E-state index is 12.3. The largest absolute Gasteiger partial charge is 0.494 e. The molecular formula is C20H25N3O4. The van der Waals surface area contributed by atoms with E-state index in [2.05, 4.69) is 10.6 Å². The Balaban J connectivity index is 1.95. The molecule has 0 aliphatic heterocycles. The number of hydrogen-bond donors (Lipinski definition) is 3. The van der Waals surface area contributed by atoms with Crippen molar-refractivity contribution in [3.8, 4) is 17.2 Å². The maximum absolute atomic E-state index is 12.3. The number of hydrogen-bond acceptors (Lipinski definition) is 4. The van der Waals surface area contributed by atoms with Crippen LogP contribution in [0.4, 0.5) is 10.5 Å². The number of rotatable bonds is 9. The summed E-state index contributed by atoms with van der Waals surface area (Å²) < 4.78 is 11.2. The third-order valence-corrected chi connectivity index (χ3v) is 3.70. The first-order chi connectivity index (χ1) is 13.0. The molecule has 4 N–H and O–H groups in total. The molecule has 0 aromatic heterocycles. The van der Waals surface area contributed by atoms with Gasteiger partial charge in [-0.1, -0.05) is 13.3 Å². The number of primary amides is 1. The summed E-state index contributed by atoms with van der Waals surface area (Å²) in [7, 11) is 0. The predicted octanol–water partition coefficient (Wildman–Crippen LogP) is 3.65. The average molecular weight is 371 g/mol. The van der Waals surface area contributed by atoms with E-state index < -0.39 is 12.1 Å². The van der Waals surface area contributed by atoms with Gasteiger partial charge in [-0.3, -0.25) is 4.79 Å². The first-order valence-electron chi connectivity index (χ1n) is 8.89. The van der Waals surface area contributed by atoms with E-state index >= 15 is 0 Å². The van der Waals surface area contributed by atoms with Gasteiger partial charge in [0.2, 0.25) is 5.91 Å². The Morgan fingerprint density at radius 1 is 0.963 bits per heavy atom. The zero-order chi connectivity index (χ0) is 19.6. The number of nitrogens with two attached hydrogens (primary N) is 1. The summed E-state index contributed by atoms with van der Waals surface area (Å²) in [6.07, 6.45) is 1.25. The van der Waals surface area contributed by atoms with Crippen LogP contribution in [0.3, 0.4) is 0 Å². The highest BCUT2D eigenvalue weighted by Crippen LogP contribution is 2.25. The van der Waals surface area contributed by atoms with E-state index in [1.807, 2.05) is 38.1 Å². The summed E-state index contributed by atoms with van der Waals surface area (Å²) in [6, 6.07) is 12.9. The highest BCUT2D eigenvalue weighted by Gasteiger charge is 2.18. The molecular weight excluding hydrogens is 346 g/mol. The van der Waals surface area contributed by atoms with E-state index in [9.17, 15) is 9.59 Å². The monoisotopic (exact) mass is 371 g/mol. The molecule has 144 valence electrons.